The molecule has 3 rings (SSSR count). The zero-order valence-electron chi connectivity index (χ0n) is 13.6. The summed E-state index contributed by atoms with van der Waals surface area (Å²) in [6.07, 6.45) is 0.666. The normalized spacial score (nSPS) is 12.3. The van der Waals surface area contributed by atoms with Gasteiger partial charge < -0.3 is 9.15 Å². The number of benzene rings is 2. The molecule has 3 heteroatoms. The Bertz CT molecular complexity index is 879. The van der Waals surface area contributed by atoms with Crippen molar-refractivity contribution in [1.29, 1.82) is 0 Å². The Morgan fingerprint density at radius 3 is 2.57 bits per heavy atom. The zero-order valence-corrected chi connectivity index (χ0v) is 13.6. The minimum absolute atomic E-state index is 0.0853. The molecule has 1 heterocycles. The molecule has 0 radical (unpaired) electrons. The van der Waals surface area contributed by atoms with Crippen LogP contribution >= 0.6 is 0 Å². The van der Waals surface area contributed by atoms with E-state index in [1.807, 2.05) is 63.2 Å². The highest BCUT2D eigenvalue weighted by Crippen LogP contribution is 2.33. The fourth-order valence-electron chi connectivity index (χ4n) is 2.82. The molecule has 0 N–H and O–H groups in total. The summed E-state index contributed by atoms with van der Waals surface area (Å²) < 4.78 is 11.6. The lowest BCUT2D eigenvalue weighted by Crippen LogP contribution is -2.06. The van der Waals surface area contributed by atoms with Gasteiger partial charge in [0.2, 0.25) is 0 Å². The first-order valence-electron chi connectivity index (χ1n) is 7.87. The smallest absolute Gasteiger partial charge is 0.336 e. The molecule has 3 nitrogen and oxygen atoms in total. The molecule has 118 valence electrons. The van der Waals surface area contributed by atoms with E-state index in [0.717, 1.165) is 34.2 Å². The van der Waals surface area contributed by atoms with Gasteiger partial charge in [-0.2, -0.15) is 0 Å². The van der Waals surface area contributed by atoms with E-state index in [9.17, 15) is 4.79 Å². The highest BCUT2D eigenvalue weighted by Gasteiger charge is 2.14. The SMILES string of the molecule is CCc1cc(=O)oc2cc(C)cc(O[C@H](C)c3ccccc3)c12. The van der Waals surface area contributed by atoms with Crippen molar-refractivity contribution in [2.24, 2.45) is 0 Å². The quantitative estimate of drug-likeness (QED) is 0.650. The summed E-state index contributed by atoms with van der Waals surface area (Å²) in [6.45, 7) is 6.02. The predicted octanol–water partition coefficient (Wildman–Crippen LogP) is 4.80. The molecule has 0 bridgehead atoms. The molecule has 0 aliphatic heterocycles. The lowest BCUT2D eigenvalue weighted by Gasteiger charge is -2.18. The van der Waals surface area contributed by atoms with E-state index in [1.165, 1.54) is 0 Å². The first-order valence-corrected chi connectivity index (χ1v) is 7.87. The summed E-state index contributed by atoms with van der Waals surface area (Å²) in [4.78, 5) is 11.7. The molecule has 0 amide bonds. The van der Waals surface area contributed by atoms with Gasteiger partial charge in [0.05, 0.1) is 5.39 Å². The molecule has 23 heavy (non-hydrogen) atoms. The number of rotatable bonds is 4. The van der Waals surface area contributed by atoms with Crippen molar-refractivity contribution in [3.63, 3.8) is 0 Å². The van der Waals surface area contributed by atoms with Crippen LogP contribution in [-0.2, 0) is 6.42 Å². The van der Waals surface area contributed by atoms with E-state index < -0.39 is 0 Å². The van der Waals surface area contributed by atoms with Crippen molar-refractivity contribution >= 4 is 11.0 Å². The Balaban J connectivity index is 2.11. The summed E-state index contributed by atoms with van der Waals surface area (Å²) in [5.41, 5.74) is 3.33. The summed E-state index contributed by atoms with van der Waals surface area (Å²) in [6, 6.07) is 15.5. The molecule has 0 saturated carbocycles. The van der Waals surface area contributed by atoms with Crippen LogP contribution in [0.3, 0.4) is 0 Å². The van der Waals surface area contributed by atoms with Crippen molar-refractivity contribution in [1.82, 2.24) is 0 Å². The average Bonchev–Trinajstić information content (AvgIpc) is 2.54. The topological polar surface area (TPSA) is 39.4 Å². The average molecular weight is 308 g/mol. The molecular weight excluding hydrogens is 288 g/mol. The van der Waals surface area contributed by atoms with Gasteiger partial charge in [-0.25, -0.2) is 4.79 Å². The van der Waals surface area contributed by atoms with Crippen LogP contribution in [0.4, 0.5) is 0 Å². The van der Waals surface area contributed by atoms with Crippen LogP contribution in [0.2, 0.25) is 0 Å². The van der Waals surface area contributed by atoms with E-state index in [2.05, 4.69) is 0 Å². The van der Waals surface area contributed by atoms with Crippen molar-refractivity contribution in [2.45, 2.75) is 33.3 Å². The highest BCUT2D eigenvalue weighted by molar-refractivity contribution is 5.87. The molecule has 0 saturated heterocycles. The number of hydrogen-bond donors (Lipinski definition) is 0. The Morgan fingerprint density at radius 2 is 1.87 bits per heavy atom. The molecule has 0 aliphatic rings. The van der Waals surface area contributed by atoms with Gasteiger partial charge in [-0.1, -0.05) is 37.3 Å². The molecule has 1 aromatic heterocycles. The fraction of sp³-hybridized carbons (Fsp3) is 0.250. The second-order valence-corrected chi connectivity index (χ2v) is 5.75. The minimum atomic E-state index is -0.318. The van der Waals surface area contributed by atoms with Gasteiger partial charge in [-0.15, -0.1) is 0 Å². The monoisotopic (exact) mass is 308 g/mol. The Kier molecular flexibility index (Phi) is 4.20. The van der Waals surface area contributed by atoms with Crippen LogP contribution in [0, 0.1) is 6.92 Å². The largest absolute Gasteiger partial charge is 0.485 e. The maximum atomic E-state index is 11.7. The van der Waals surface area contributed by atoms with Crippen LogP contribution in [0.15, 0.2) is 57.7 Å². The predicted molar refractivity (Wildman–Crippen MR) is 92.1 cm³/mol. The van der Waals surface area contributed by atoms with Crippen molar-refractivity contribution in [3.05, 3.63) is 75.6 Å². The molecule has 0 unspecified atom stereocenters. The van der Waals surface area contributed by atoms with Gasteiger partial charge in [-0.3, -0.25) is 0 Å². The maximum Gasteiger partial charge on any atom is 0.336 e. The Morgan fingerprint density at radius 1 is 1.13 bits per heavy atom. The lowest BCUT2D eigenvalue weighted by atomic mass is 10.0. The van der Waals surface area contributed by atoms with Crippen LogP contribution in [-0.4, -0.2) is 0 Å². The Hall–Kier alpha value is -2.55. The molecule has 1 atom stereocenters. The Labute approximate surface area is 135 Å². The van der Waals surface area contributed by atoms with Gasteiger partial charge in [0.25, 0.3) is 0 Å². The third-order valence-corrected chi connectivity index (χ3v) is 3.99. The number of fused-ring (bicyclic) bond motifs is 1. The summed E-state index contributed by atoms with van der Waals surface area (Å²) >= 11 is 0. The molecule has 0 fully saturated rings. The van der Waals surface area contributed by atoms with Crippen LogP contribution in [0.25, 0.3) is 11.0 Å². The van der Waals surface area contributed by atoms with E-state index in [0.29, 0.717) is 5.58 Å². The third-order valence-electron chi connectivity index (χ3n) is 3.99. The van der Waals surface area contributed by atoms with Gasteiger partial charge in [0, 0.05) is 6.07 Å². The van der Waals surface area contributed by atoms with Crippen LogP contribution in [0.5, 0.6) is 5.75 Å². The highest BCUT2D eigenvalue weighted by atomic mass is 16.5. The number of hydrogen-bond acceptors (Lipinski definition) is 3. The molecular formula is C20H20O3. The second-order valence-electron chi connectivity index (χ2n) is 5.75. The molecule has 0 spiro atoms. The van der Waals surface area contributed by atoms with Crippen LogP contribution in [0.1, 0.15) is 36.6 Å². The first kappa shape index (κ1) is 15.3. The molecule has 3 aromatic rings. The number of ether oxygens (including phenoxy) is 1. The first-order chi connectivity index (χ1) is 11.1. The lowest BCUT2D eigenvalue weighted by molar-refractivity contribution is 0.229. The third kappa shape index (κ3) is 3.14. The van der Waals surface area contributed by atoms with Crippen LogP contribution < -0.4 is 10.4 Å². The molecule has 2 aromatic carbocycles. The molecule has 0 aliphatic carbocycles. The summed E-state index contributed by atoms with van der Waals surface area (Å²) in [5, 5.41) is 0.889. The van der Waals surface area contributed by atoms with Crippen molar-refractivity contribution in [3.8, 4) is 5.75 Å². The maximum absolute atomic E-state index is 11.7. The van der Waals surface area contributed by atoms with Gasteiger partial charge in [0.1, 0.15) is 17.4 Å². The minimum Gasteiger partial charge on any atom is -0.485 e. The van der Waals surface area contributed by atoms with Gasteiger partial charge in [0.15, 0.2) is 0 Å². The van der Waals surface area contributed by atoms with E-state index in [-0.39, 0.29) is 11.7 Å². The van der Waals surface area contributed by atoms with E-state index in [4.69, 9.17) is 9.15 Å². The van der Waals surface area contributed by atoms with Gasteiger partial charge in [-0.05, 0) is 49.1 Å². The standard InChI is InChI=1S/C20H20O3/c1-4-15-12-19(21)23-18-11-13(2)10-17(20(15)18)22-14(3)16-8-6-5-7-9-16/h5-12,14H,4H2,1-3H3/t14-/m1/s1. The van der Waals surface area contributed by atoms with Gasteiger partial charge >= 0.3 is 5.63 Å². The zero-order chi connectivity index (χ0) is 16.4. The van der Waals surface area contributed by atoms with E-state index in [1.54, 1.807) is 6.07 Å². The summed E-state index contributed by atoms with van der Waals surface area (Å²) in [5.74, 6) is 0.761. The van der Waals surface area contributed by atoms with Crippen molar-refractivity contribution in [2.75, 3.05) is 0 Å². The second kappa shape index (κ2) is 6.29. The number of aryl methyl sites for hydroxylation is 2. The van der Waals surface area contributed by atoms with Crippen molar-refractivity contribution < 1.29 is 9.15 Å². The summed E-state index contributed by atoms with van der Waals surface area (Å²) in [7, 11) is 0. The van der Waals surface area contributed by atoms with E-state index >= 15 is 0 Å². The fourth-order valence-corrected chi connectivity index (χ4v) is 2.82.